The maximum atomic E-state index is 13.1. The number of para-hydroxylation sites is 1. The second kappa shape index (κ2) is 7.96. The summed E-state index contributed by atoms with van der Waals surface area (Å²) in [6, 6.07) is 15.0. The Morgan fingerprint density at radius 1 is 1.04 bits per heavy atom. The number of rotatable bonds is 4. The number of morpholine rings is 1. The van der Waals surface area contributed by atoms with Gasteiger partial charge in [0.25, 0.3) is 5.91 Å². The van der Waals surface area contributed by atoms with Gasteiger partial charge in [0.1, 0.15) is 0 Å². The van der Waals surface area contributed by atoms with E-state index in [0.717, 1.165) is 38.4 Å². The van der Waals surface area contributed by atoms with Gasteiger partial charge >= 0.3 is 5.97 Å². The Balaban J connectivity index is 1.60. The lowest BCUT2D eigenvalue weighted by Crippen LogP contribution is -2.35. The van der Waals surface area contributed by atoms with Crippen LogP contribution in [-0.2, 0) is 16.0 Å². The van der Waals surface area contributed by atoms with E-state index in [1.165, 1.54) is 11.7 Å². The van der Waals surface area contributed by atoms with Gasteiger partial charge in [0.15, 0.2) is 0 Å². The molecule has 1 aromatic heterocycles. The van der Waals surface area contributed by atoms with Crippen molar-refractivity contribution in [3.05, 3.63) is 71.4 Å². The highest BCUT2D eigenvalue weighted by Crippen LogP contribution is 2.23. The molecule has 6 nitrogen and oxygen atoms in total. The SMILES string of the molecule is COC(=O)c1cn(C(=O)c2ccc(CN3CCOCC3)cc2)c2ccccc12. The minimum absolute atomic E-state index is 0.177. The van der Waals surface area contributed by atoms with Gasteiger partial charge in [0, 0.05) is 36.8 Å². The molecule has 0 N–H and O–H groups in total. The smallest absolute Gasteiger partial charge is 0.340 e. The molecule has 1 aliphatic heterocycles. The third kappa shape index (κ3) is 3.56. The number of hydrogen-bond acceptors (Lipinski definition) is 5. The average molecular weight is 378 g/mol. The predicted molar refractivity (Wildman–Crippen MR) is 106 cm³/mol. The van der Waals surface area contributed by atoms with E-state index in [-0.39, 0.29) is 5.91 Å². The molecular weight excluding hydrogens is 356 g/mol. The second-order valence-corrected chi connectivity index (χ2v) is 6.81. The summed E-state index contributed by atoms with van der Waals surface area (Å²) in [5.74, 6) is -0.632. The Hall–Kier alpha value is -2.96. The van der Waals surface area contributed by atoms with Crippen LogP contribution in [0.1, 0.15) is 26.3 Å². The van der Waals surface area contributed by atoms with E-state index in [1.54, 1.807) is 6.20 Å². The van der Waals surface area contributed by atoms with Crippen LogP contribution >= 0.6 is 0 Å². The van der Waals surface area contributed by atoms with Crippen LogP contribution in [0, 0.1) is 0 Å². The van der Waals surface area contributed by atoms with Crippen molar-refractivity contribution in [2.75, 3.05) is 33.4 Å². The number of carbonyl (C=O) groups excluding carboxylic acids is 2. The summed E-state index contributed by atoms with van der Waals surface area (Å²) in [4.78, 5) is 27.5. The molecule has 0 amide bonds. The maximum Gasteiger partial charge on any atom is 0.340 e. The average Bonchev–Trinajstić information content (AvgIpc) is 3.14. The second-order valence-electron chi connectivity index (χ2n) is 6.81. The molecule has 6 heteroatoms. The van der Waals surface area contributed by atoms with Gasteiger partial charge in [0.05, 0.1) is 31.4 Å². The van der Waals surface area contributed by atoms with Crippen LogP contribution in [0.25, 0.3) is 10.9 Å². The molecule has 1 saturated heterocycles. The van der Waals surface area contributed by atoms with Gasteiger partial charge in [0.2, 0.25) is 0 Å². The minimum Gasteiger partial charge on any atom is -0.465 e. The first-order valence-corrected chi connectivity index (χ1v) is 9.29. The molecule has 4 rings (SSSR count). The quantitative estimate of drug-likeness (QED) is 0.654. The normalized spacial score (nSPS) is 14.9. The molecule has 0 radical (unpaired) electrons. The molecule has 2 aromatic carbocycles. The van der Waals surface area contributed by atoms with Gasteiger partial charge in [-0.3, -0.25) is 14.3 Å². The largest absolute Gasteiger partial charge is 0.465 e. The molecule has 2 heterocycles. The lowest BCUT2D eigenvalue weighted by atomic mass is 10.1. The van der Waals surface area contributed by atoms with E-state index in [0.29, 0.717) is 22.0 Å². The van der Waals surface area contributed by atoms with E-state index in [4.69, 9.17) is 9.47 Å². The fourth-order valence-electron chi connectivity index (χ4n) is 3.53. The van der Waals surface area contributed by atoms with Crippen molar-refractivity contribution in [3.63, 3.8) is 0 Å². The zero-order valence-electron chi connectivity index (χ0n) is 15.8. The summed E-state index contributed by atoms with van der Waals surface area (Å²) >= 11 is 0. The number of carbonyl (C=O) groups is 2. The number of ether oxygens (including phenoxy) is 2. The topological polar surface area (TPSA) is 60.8 Å². The summed E-state index contributed by atoms with van der Waals surface area (Å²) in [7, 11) is 1.34. The molecule has 0 unspecified atom stereocenters. The van der Waals surface area contributed by atoms with Gasteiger partial charge in [-0.1, -0.05) is 30.3 Å². The van der Waals surface area contributed by atoms with E-state index in [9.17, 15) is 9.59 Å². The van der Waals surface area contributed by atoms with Crippen LogP contribution in [-0.4, -0.2) is 54.8 Å². The van der Waals surface area contributed by atoms with Crippen molar-refractivity contribution < 1.29 is 19.1 Å². The molecule has 0 atom stereocenters. The van der Waals surface area contributed by atoms with Crippen molar-refractivity contribution in [3.8, 4) is 0 Å². The fraction of sp³-hybridized carbons (Fsp3) is 0.273. The lowest BCUT2D eigenvalue weighted by Gasteiger charge is -2.26. The van der Waals surface area contributed by atoms with Crippen molar-refractivity contribution in [2.24, 2.45) is 0 Å². The Morgan fingerprint density at radius 2 is 1.75 bits per heavy atom. The number of esters is 1. The molecule has 0 aliphatic carbocycles. The Labute approximate surface area is 163 Å². The molecule has 1 fully saturated rings. The Kier molecular flexibility index (Phi) is 5.23. The Bertz CT molecular complexity index is 1000. The number of methoxy groups -OCH3 is 1. The molecule has 0 bridgehead atoms. The van der Waals surface area contributed by atoms with Gasteiger partial charge in [-0.25, -0.2) is 4.79 Å². The summed E-state index contributed by atoms with van der Waals surface area (Å²) in [5, 5.41) is 0.701. The van der Waals surface area contributed by atoms with E-state index in [2.05, 4.69) is 4.90 Å². The number of benzene rings is 2. The highest BCUT2D eigenvalue weighted by molar-refractivity contribution is 6.09. The standard InChI is InChI=1S/C22H22N2O4/c1-27-22(26)19-15-24(20-5-3-2-4-18(19)20)21(25)17-8-6-16(7-9-17)14-23-10-12-28-13-11-23/h2-9,15H,10-14H2,1H3. The van der Waals surface area contributed by atoms with Gasteiger partial charge in [-0.2, -0.15) is 0 Å². The first-order valence-electron chi connectivity index (χ1n) is 9.29. The summed E-state index contributed by atoms with van der Waals surface area (Å²) in [6.07, 6.45) is 1.56. The van der Waals surface area contributed by atoms with Crippen LogP contribution in [0.2, 0.25) is 0 Å². The van der Waals surface area contributed by atoms with E-state index >= 15 is 0 Å². The van der Waals surface area contributed by atoms with Crippen molar-refractivity contribution in [1.29, 1.82) is 0 Å². The first-order chi connectivity index (χ1) is 13.7. The molecule has 0 saturated carbocycles. The zero-order valence-corrected chi connectivity index (χ0v) is 15.8. The van der Waals surface area contributed by atoms with Crippen molar-refractivity contribution in [2.45, 2.75) is 6.54 Å². The van der Waals surface area contributed by atoms with Crippen molar-refractivity contribution in [1.82, 2.24) is 9.47 Å². The number of aromatic nitrogens is 1. The van der Waals surface area contributed by atoms with E-state index in [1.807, 2.05) is 48.5 Å². The third-order valence-corrected chi connectivity index (χ3v) is 5.05. The minimum atomic E-state index is -0.455. The van der Waals surface area contributed by atoms with Crippen LogP contribution in [0.4, 0.5) is 0 Å². The first kappa shape index (κ1) is 18.4. The zero-order chi connectivity index (χ0) is 19.5. The lowest BCUT2D eigenvalue weighted by molar-refractivity contribution is 0.0342. The van der Waals surface area contributed by atoms with Gasteiger partial charge in [-0.15, -0.1) is 0 Å². The molecule has 1 aliphatic rings. The van der Waals surface area contributed by atoms with E-state index < -0.39 is 5.97 Å². The molecule has 3 aromatic rings. The van der Waals surface area contributed by atoms with Crippen LogP contribution < -0.4 is 0 Å². The molecular formula is C22H22N2O4. The summed E-state index contributed by atoms with van der Waals surface area (Å²) in [5.41, 5.74) is 2.80. The monoisotopic (exact) mass is 378 g/mol. The van der Waals surface area contributed by atoms with Gasteiger partial charge in [-0.05, 0) is 23.8 Å². The number of hydrogen-bond donors (Lipinski definition) is 0. The molecule has 28 heavy (non-hydrogen) atoms. The number of nitrogens with zero attached hydrogens (tertiary/aromatic N) is 2. The van der Waals surface area contributed by atoms with Crippen LogP contribution in [0.3, 0.4) is 0 Å². The highest BCUT2D eigenvalue weighted by Gasteiger charge is 2.19. The predicted octanol–water partition coefficient (Wildman–Crippen LogP) is 2.95. The van der Waals surface area contributed by atoms with Crippen molar-refractivity contribution >= 4 is 22.8 Å². The molecule has 144 valence electrons. The summed E-state index contributed by atoms with van der Waals surface area (Å²) < 4.78 is 11.7. The van der Waals surface area contributed by atoms with Gasteiger partial charge < -0.3 is 9.47 Å². The maximum absolute atomic E-state index is 13.1. The van der Waals surface area contributed by atoms with Crippen LogP contribution in [0.5, 0.6) is 0 Å². The third-order valence-electron chi connectivity index (χ3n) is 5.05. The van der Waals surface area contributed by atoms with Crippen LogP contribution in [0.15, 0.2) is 54.7 Å². The Morgan fingerprint density at radius 3 is 2.46 bits per heavy atom. The summed E-state index contributed by atoms with van der Waals surface area (Å²) in [6.45, 7) is 4.22. The molecule has 0 spiro atoms. The fourth-order valence-corrected chi connectivity index (χ4v) is 3.53. The highest BCUT2D eigenvalue weighted by atomic mass is 16.5. The number of fused-ring (bicyclic) bond motifs is 1.